The van der Waals surface area contributed by atoms with Crippen LogP contribution >= 0.6 is 12.2 Å². The number of ether oxygens (including phenoxy) is 2. The SMILES string of the molecule is CCCCCCOc1ccc(C(=O)NC(=S)N2CCNC(=O)C2CC(=O)OCCCc2ccccc2)cc1. The summed E-state index contributed by atoms with van der Waals surface area (Å²) in [5, 5.41) is 5.55. The van der Waals surface area contributed by atoms with E-state index in [-0.39, 0.29) is 24.0 Å². The second kappa shape index (κ2) is 15.7. The Bertz CT molecular complexity index is 1060. The third-order valence-corrected chi connectivity index (χ3v) is 6.61. The minimum Gasteiger partial charge on any atom is -0.494 e. The minimum atomic E-state index is -0.846. The van der Waals surface area contributed by atoms with Crippen LogP contribution in [-0.2, 0) is 20.7 Å². The predicted octanol–water partition coefficient (Wildman–Crippen LogP) is 4.03. The highest BCUT2D eigenvalue weighted by atomic mass is 32.1. The molecule has 1 aliphatic heterocycles. The van der Waals surface area contributed by atoms with E-state index in [2.05, 4.69) is 17.6 Å². The number of thiocarbonyl (C=S) groups is 1. The number of benzene rings is 2. The van der Waals surface area contributed by atoms with Crippen LogP contribution < -0.4 is 15.4 Å². The lowest BCUT2D eigenvalue weighted by atomic mass is 10.1. The van der Waals surface area contributed by atoms with Crippen molar-refractivity contribution in [3.05, 3.63) is 65.7 Å². The van der Waals surface area contributed by atoms with Gasteiger partial charge in [-0.25, -0.2) is 0 Å². The van der Waals surface area contributed by atoms with Crippen LogP contribution in [0.15, 0.2) is 54.6 Å². The van der Waals surface area contributed by atoms with Gasteiger partial charge in [0.1, 0.15) is 11.8 Å². The number of hydrogen-bond donors (Lipinski definition) is 2. The number of nitrogens with zero attached hydrogens (tertiary/aromatic N) is 1. The van der Waals surface area contributed by atoms with Crippen LogP contribution in [0.2, 0.25) is 0 Å². The van der Waals surface area contributed by atoms with E-state index in [1.54, 1.807) is 29.2 Å². The molecule has 0 spiro atoms. The fraction of sp³-hybridized carbons (Fsp3) is 0.448. The number of rotatable bonds is 13. The third-order valence-electron chi connectivity index (χ3n) is 6.27. The molecule has 1 saturated heterocycles. The Morgan fingerprint density at radius 1 is 1.03 bits per heavy atom. The van der Waals surface area contributed by atoms with E-state index in [4.69, 9.17) is 21.7 Å². The van der Waals surface area contributed by atoms with Crippen molar-refractivity contribution >= 4 is 35.1 Å². The third kappa shape index (κ3) is 9.45. The Hall–Kier alpha value is -3.46. The van der Waals surface area contributed by atoms with E-state index in [1.807, 2.05) is 30.3 Å². The summed E-state index contributed by atoms with van der Waals surface area (Å²) in [4.78, 5) is 39.4. The molecule has 1 heterocycles. The van der Waals surface area contributed by atoms with E-state index in [9.17, 15) is 14.4 Å². The molecule has 2 aromatic rings. The van der Waals surface area contributed by atoms with Gasteiger partial charge in [0.2, 0.25) is 5.91 Å². The number of amides is 2. The average molecular weight is 540 g/mol. The van der Waals surface area contributed by atoms with Gasteiger partial charge in [0.15, 0.2) is 5.11 Å². The molecule has 0 aliphatic carbocycles. The number of unbranched alkanes of at least 4 members (excludes halogenated alkanes) is 3. The highest BCUT2D eigenvalue weighted by Gasteiger charge is 2.34. The summed E-state index contributed by atoms with van der Waals surface area (Å²) in [6.45, 7) is 3.81. The lowest BCUT2D eigenvalue weighted by Crippen LogP contribution is -2.60. The van der Waals surface area contributed by atoms with Gasteiger partial charge in [0.05, 0.1) is 19.6 Å². The van der Waals surface area contributed by atoms with E-state index in [0.29, 0.717) is 37.4 Å². The number of aryl methyl sites for hydroxylation is 1. The number of piperazine rings is 1. The summed E-state index contributed by atoms with van der Waals surface area (Å²) in [6.07, 6.45) is 5.83. The van der Waals surface area contributed by atoms with Gasteiger partial charge in [-0.3, -0.25) is 19.7 Å². The molecule has 2 amide bonds. The van der Waals surface area contributed by atoms with Crippen LogP contribution in [0.25, 0.3) is 0 Å². The van der Waals surface area contributed by atoms with Crippen LogP contribution in [0.4, 0.5) is 0 Å². The summed E-state index contributed by atoms with van der Waals surface area (Å²) in [7, 11) is 0. The Labute approximate surface area is 230 Å². The van der Waals surface area contributed by atoms with E-state index < -0.39 is 17.9 Å². The van der Waals surface area contributed by atoms with Crippen LogP contribution in [-0.4, -0.2) is 60.1 Å². The molecule has 1 aliphatic rings. The van der Waals surface area contributed by atoms with Crippen molar-refractivity contribution in [1.82, 2.24) is 15.5 Å². The predicted molar refractivity (Wildman–Crippen MR) is 150 cm³/mol. The van der Waals surface area contributed by atoms with Gasteiger partial charge in [0.25, 0.3) is 5.91 Å². The smallest absolute Gasteiger partial charge is 0.308 e. The first-order valence-electron chi connectivity index (χ1n) is 13.3. The second-order valence-corrected chi connectivity index (χ2v) is 9.59. The summed E-state index contributed by atoms with van der Waals surface area (Å²) in [5.74, 6) is -0.493. The normalized spacial score (nSPS) is 14.9. The molecule has 2 N–H and O–H groups in total. The maximum atomic E-state index is 12.8. The number of hydrogen-bond acceptors (Lipinski definition) is 6. The van der Waals surface area contributed by atoms with Crippen LogP contribution in [0, 0.1) is 0 Å². The van der Waals surface area contributed by atoms with Crippen LogP contribution in [0.3, 0.4) is 0 Å². The molecule has 3 rings (SSSR count). The number of carbonyl (C=O) groups is 3. The Kier molecular flexibility index (Phi) is 12.0. The van der Waals surface area contributed by atoms with E-state index in [0.717, 1.165) is 19.3 Å². The first-order valence-corrected chi connectivity index (χ1v) is 13.7. The van der Waals surface area contributed by atoms with Gasteiger partial charge in [-0.05, 0) is 61.3 Å². The van der Waals surface area contributed by atoms with Crippen molar-refractivity contribution in [3.63, 3.8) is 0 Å². The molecule has 0 bridgehead atoms. The van der Waals surface area contributed by atoms with Crippen LogP contribution in [0.5, 0.6) is 5.75 Å². The maximum Gasteiger partial charge on any atom is 0.308 e. The van der Waals surface area contributed by atoms with Crippen molar-refractivity contribution in [2.24, 2.45) is 0 Å². The first-order chi connectivity index (χ1) is 18.5. The average Bonchev–Trinajstić information content (AvgIpc) is 2.93. The molecule has 2 aromatic carbocycles. The Morgan fingerprint density at radius 3 is 2.53 bits per heavy atom. The zero-order chi connectivity index (χ0) is 27.2. The van der Waals surface area contributed by atoms with Crippen molar-refractivity contribution in [2.75, 3.05) is 26.3 Å². The molecule has 0 aromatic heterocycles. The Balaban J connectivity index is 1.46. The van der Waals surface area contributed by atoms with Crippen molar-refractivity contribution in [3.8, 4) is 5.75 Å². The monoisotopic (exact) mass is 539 g/mol. The lowest BCUT2D eigenvalue weighted by molar-refractivity contribution is -0.147. The summed E-state index contributed by atoms with van der Waals surface area (Å²) in [6, 6.07) is 16.0. The highest BCUT2D eigenvalue weighted by molar-refractivity contribution is 7.80. The molecule has 1 atom stereocenters. The highest BCUT2D eigenvalue weighted by Crippen LogP contribution is 2.15. The number of nitrogens with one attached hydrogen (secondary N) is 2. The topological polar surface area (TPSA) is 97.0 Å². The molecule has 8 nitrogen and oxygen atoms in total. The quantitative estimate of drug-likeness (QED) is 0.225. The molecule has 0 saturated carbocycles. The Morgan fingerprint density at radius 2 is 1.79 bits per heavy atom. The largest absolute Gasteiger partial charge is 0.494 e. The van der Waals surface area contributed by atoms with Gasteiger partial charge in [0, 0.05) is 18.7 Å². The van der Waals surface area contributed by atoms with Crippen molar-refractivity contribution < 1.29 is 23.9 Å². The zero-order valence-electron chi connectivity index (χ0n) is 21.9. The molecular weight excluding hydrogens is 502 g/mol. The van der Waals surface area contributed by atoms with Gasteiger partial charge in [-0.2, -0.15) is 0 Å². The van der Waals surface area contributed by atoms with Gasteiger partial charge < -0.3 is 19.7 Å². The molecule has 0 radical (unpaired) electrons. The summed E-state index contributed by atoms with van der Waals surface area (Å²) < 4.78 is 11.1. The fourth-order valence-corrected chi connectivity index (χ4v) is 4.46. The molecule has 204 valence electrons. The molecule has 9 heteroatoms. The lowest BCUT2D eigenvalue weighted by Gasteiger charge is -2.36. The van der Waals surface area contributed by atoms with Crippen LogP contribution in [0.1, 0.15) is 61.4 Å². The van der Waals surface area contributed by atoms with Gasteiger partial charge in [-0.15, -0.1) is 0 Å². The minimum absolute atomic E-state index is 0.1000. The second-order valence-electron chi connectivity index (χ2n) is 9.21. The maximum absolute atomic E-state index is 12.8. The number of carbonyl (C=O) groups excluding carboxylic acids is 3. The zero-order valence-corrected chi connectivity index (χ0v) is 22.8. The molecule has 38 heavy (non-hydrogen) atoms. The van der Waals surface area contributed by atoms with Gasteiger partial charge in [-0.1, -0.05) is 56.5 Å². The van der Waals surface area contributed by atoms with Gasteiger partial charge >= 0.3 is 5.97 Å². The molecule has 1 unspecified atom stereocenters. The van der Waals surface area contributed by atoms with Crippen molar-refractivity contribution in [1.29, 1.82) is 0 Å². The standard InChI is InChI=1S/C29H37N3O5S/c1-2-3-4-8-19-36-24-15-13-23(14-16-24)27(34)31-29(38)32-18-17-30-28(35)25(32)21-26(33)37-20-9-12-22-10-6-5-7-11-22/h5-7,10-11,13-16,25H,2-4,8-9,12,17-21H2,1H3,(H,30,35)(H,31,34,38). The van der Waals surface area contributed by atoms with E-state index in [1.165, 1.54) is 18.4 Å². The number of esters is 1. The molecule has 1 fully saturated rings. The molecular formula is C29H37N3O5S. The van der Waals surface area contributed by atoms with E-state index >= 15 is 0 Å². The fourth-order valence-electron chi connectivity index (χ4n) is 4.15. The summed E-state index contributed by atoms with van der Waals surface area (Å²) >= 11 is 5.45. The summed E-state index contributed by atoms with van der Waals surface area (Å²) in [5.41, 5.74) is 1.59. The first kappa shape index (κ1) is 29.1. The van der Waals surface area contributed by atoms with Crippen molar-refractivity contribution in [2.45, 2.75) is 57.9 Å².